The minimum absolute atomic E-state index is 0.0434. The van der Waals surface area contributed by atoms with Gasteiger partial charge in [0.15, 0.2) is 11.6 Å². The Balaban J connectivity index is 0.600. The molecule has 4 saturated heterocycles. The maximum atomic E-state index is 14.3. The highest BCUT2D eigenvalue weighted by atomic mass is 32.1. The molecule has 1 aliphatic carbocycles. The van der Waals surface area contributed by atoms with Crippen molar-refractivity contribution in [2.45, 2.75) is 127 Å². The lowest BCUT2D eigenvalue weighted by Crippen LogP contribution is -2.54. The third kappa shape index (κ3) is 12.0. The van der Waals surface area contributed by atoms with Crippen molar-refractivity contribution >= 4 is 40.3 Å². The molecular formula is C58H71N11O9S. The minimum Gasteiger partial charge on any atom is -0.507 e. The lowest BCUT2D eigenvalue weighted by molar-refractivity contribution is -0.141. The molecule has 2 bridgehead atoms. The number of aromatic hydroxyl groups is 1. The number of aromatic nitrogens is 5. The number of fused-ring (bicyclic) bond motifs is 2. The van der Waals surface area contributed by atoms with Gasteiger partial charge in [0, 0.05) is 107 Å². The Hall–Kier alpha value is -6.91. The number of phenolic OH excluding ortho intramolecular Hbond substituents is 1. The van der Waals surface area contributed by atoms with Gasteiger partial charge < -0.3 is 59.4 Å². The minimum atomic E-state index is -0.844. The number of amides is 2. The molecule has 21 heteroatoms. The van der Waals surface area contributed by atoms with Crippen molar-refractivity contribution in [3.8, 4) is 39.2 Å². The highest BCUT2D eigenvalue weighted by Gasteiger charge is 2.45. The number of β-amino-alcohol motifs (C(OH)–C–C–N with tert-alkyl or cyclic N) is 1. The smallest absolute Gasteiger partial charge is 0.254 e. The second-order valence-electron chi connectivity index (χ2n) is 22.0. The fourth-order valence-electron chi connectivity index (χ4n) is 12.1. The summed E-state index contributed by atoms with van der Waals surface area (Å²) in [6, 6.07) is 22.2. The van der Waals surface area contributed by atoms with E-state index in [0.717, 1.165) is 97.8 Å². The van der Waals surface area contributed by atoms with Crippen molar-refractivity contribution < 1.29 is 43.3 Å². The van der Waals surface area contributed by atoms with Crippen LogP contribution in [0.2, 0.25) is 0 Å². The van der Waals surface area contributed by atoms with Crippen molar-refractivity contribution in [1.29, 1.82) is 0 Å². The Labute approximate surface area is 464 Å². The highest BCUT2D eigenvalue weighted by molar-refractivity contribution is 7.13. The summed E-state index contributed by atoms with van der Waals surface area (Å²) in [5, 5.41) is 37.0. The number of carbonyl (C=O) groups excluding carboxylic acids is 2. The van der Waals surface area contributed by atoms with E-state index in [4.69, 9.17) is 29.2 Å². The first kappa shape index (κ1) is 54.1. The molecule has 2 unspecified atom stereocenters. The average Bonchev–Trinajstić information content (AvgIpc) is 4.33. The number of nitrogens with one attached hydrogen (secondary N) is 1. The molecule has 6 aromatic rings. The lowest BCUT2D eigenvalue weighted by Gasteiger charge is -2.43. The fourth-order valence-corrected chi connectivity index (χ4v) is 12.9. The summed E-state index contributed by atoms with van der Waals surface area (Å²) in [5.74, 6) is 0.285. The number of aliphatic hydroxyl groups is 1. The number of methoxy groups -OCH3 is 1. The normalized spacial score (nSPS) is 23.2. The van der Waals surface area contributed by atoms with Crippen molar-refractivity contribution in [3.05, 3.63) is 102 Å². The second kappa shape index (κ2) is 23.8. The SMILES string of the molecule is COCc1ncsc1-c1ccc([C@H](C)NC(=O)[C@@H]2C[C@@H](O)CN2C(=O)[C@@H](c2cc(OCCN3CCC(O[C@H]4C[C@H](Oc5cc(N6C7CCC6CN(c6cc(-c8ccccc8O)nnc6N)C7)ccn5)C4)CC3)no2)C(C)C)cc1. The van der Waals surface area contributed by atoms with Crippen LogP contribution < -0.4 is 30.3 Å². The molecule has 0 spiro atoms. The lowest BCUT2D eigenvalue weighted by atomic mass is 9.91. The predicted molar refractivity (Wildman–Crippen MR) is 298 cm³/mol. The molecular weight excluding hydrogens is 1030 g/mol. The number of thiazole rings is 1. The number of piperidine rings is 1. The summed E-state index contributed by atoms with van der Waals surface area (Å²) in [6.07, 6.45) is 7.18. The van der Waals surface area contributed by atoms with E-state index in [2.05, 4.69) is 57.5 Å². The van der Waals surface area contributed by atoms with Gasteiger partial charge in [-0.15, -0.1) is 21.5 Å². The number of rotatable bonds is 20. The van der Waals surface area contributed by atoms with Crippen LogP contribution in [0.15, 0.2) is 89.0 Å². The number of pyridine rings is 1. The van der Waals surface area contributed by atoms with Crippen molar-refractivity contribution in [1.82, 2.24) is 40.4 Å². The van der Waals surface area contributed by atoms with Gasteiger partial charge in [0.2, 0.25) is 17.7 Å². The monoisotopic (exact) mass is 1100 g/mol. The Morgan fingerprint density at radius 3 is 2.41 bits per heavy atom. The number of para-hydroxylation sites is 1. The predicted octanol–water partition coefficient (Wildman–Crippen LogP) is 6.99. The summed E-state index contributed by atoms with van der Waals surface area (Å²) in [6.45, 7) is 10.7. The van der Waals surface area contributed by atoms with Crippen LogP contribution in [-0.4, -0.2) is 153 Å². The molecule has 5 fully saturated rings. The number of ether oxygens (including phenoxy) is 4. The number of nitrogens with two attached hydrogens (primary N) is 1. The number of phenols is 1. The van der Waals surface area contributed by atoms with E-state index in [9.17, 15) is 19.8 Å². The van der Waals surface area contributed by atoms with Crippen molar-refractivity contribution in [2.75, 3.05) is 68.5 Å². The highest BCUT2D eigenvalue weighted by Crippen LogP contribution is 2.41. The average molecular weight is 1100 g/mol. The number of hydrogen-bond donors (Lipinski definition) is 4. The summed E-state index contributed by atoms with van der Waals surface area (Å²) in [5.41, 5.74) is 14.2. The zero-order valence-corrected chi connectivity index (χ0v) is 46.0. The number of piperazine rings is 1. The number of nitrogens with zero attached hydrogens (tertiary/aromatic N) is 9. The van der Waals surface area contributed by atoms with Crippen LogP contribution >= 0.6 is 11.3 Å². The molecule has 1 saturated carbocycles. The van der Waals surface area contributed by atoms with Crippen LogP contribution in [0.25, 0.3) is 21.7 Å². The number of nitrogen functional groups attached to an aromatic ring is 1. The molecule has 79 heavy (non-hydrogen) atoms. The first-order valence-electron chi connectivity index (χ1n) is 27.7. The quantitative estimate of drug-likeness (QED) is 0.0602. The summed E-state index contributed by atoms with van der Waals surface area (Å²) in [4.78, 5) is 46.8. The number of likely N-dealkylation sites (tertiary alicyclic amines) is 2. The van der Waals surface area contributed by atoms with E-state index in [1.807, 2.05) is 69.4 Å². The summed E-state index contributed by atoms with van der Waals surface area (Å²) in [7, 11) is 1.65. The van der Waals surface area contributed by atoms with Gasteiger partial charge in [0.1, 0.15) is 30.4 Å². The molecule has 20 nitrogen and oxygen atoms in total. The van der Waals surface area contributed by atoms with Crippen LogP contribution in [0.5, 0.6) is 17.5 Å². The number of hydrogen-bond acceptors (Lipinski definition) is 19. The second-order valence-corrected chi connectivity index (χ2v) is 22.9. The van der Waals surface area contributed by atoms with Crippen LogP contribution in [-0.2, 0) is 25.7 Å². The molecule has 5 N–H and O–H groups in total. The van der Waals surface area contributed by atoms with E-state index < -0.39 is 18.1 Å². The van der Waals surface area contributed by atoms with E-state index in [1.54, 1.807) is 42.2 Å². The van der Waals surface area contributed by atoms with Gasteiger partial charge in [0.25, 0.3) is 5.88 Å². The van der Waals surface area contributed by atoms with Gasteiger partial charge in [0.05, 0.1) is 58.4 Å². The molecule has 2 amide bonds. The Kier molecular flexibility index (Phi) is 16.3. The van der Waals surface area contributed by atoms with Crippen molar-refractivity contribution in [2.24, 2.45) is 5.92 Å². The molecule has 11 rings (SSSR count). The number of carbonyl (C=O) groups is 2. The Morgan fingerprint density at radius 2 is 1.66 bits per heavy atom. The van der Waals surface area contributed by atoms with Gasteiger partial charge in [-0.05, 0) is 79.1 Å². The molecule has 0 radical (unpaired) electrons. The van der Waals surface area contributed by atoms with E-state index in [1.165, 1.54) is 4.90 Å². The zero-order chi connectivity index (χ0) is 54.7. The number of aliphatic hydroxyl groups excluding tert-OH is 1. The zero-order valence-electron chi connectivity index (χ0n) is 45.2. The summed E-state index contributed by atoms with van der Waals surface area (Å²) < 4.78 is 30.1. The first-order chi connectivity index (χ1) is 38.3. The number of anilines is 3. The Morgan fingerprint density at radius 1 is 0.886 bits per heavy atom. The van der Waals surface area contributed by atoms with Gasteiger partial charge in [-0.1, -0.05) is 50.2 Å². The standard InChI is InChI=1S/C58H71N11O9S/c1-34(2)54(58(73)68-31-41(70)24-49(68)57(72)62-35(3)36-9-11-37(12-10-36)55-47(32-74-4)61-33-79-55)51-28-53(65-78-51)75-22-21-66-19-16-42(17-20-66)76-43-25-44(26-43)77-52-23-38(15-18-60-52)69-39-13-14-40(69)30-67(29-39)48-27-46(63-64-56(48)59)45-7-5-6-8-50(45)71/h5-12,15,18,23,27-28,33-35,39-44,49,54,70-71H,13-14,16-17,19-22,24-26,29-32H2,1-4H3,(H2,59,64)(H,62,72)/t35-,39?,40?,41+,43-,44-,49-,54+/m0/s1. The third-order valence-electron chi connectivity index (χ3n) is 16.3. The van der Waals surface area contributed by atoms with Gasteiger partial charge in [-0.3, -0.25) is 14.5 Å². The first-order valence-corrected chi connectivity index (χ1v) is 28.6. The van der Waals surface area contributed by atoms with E-state index in [-0.39, 0.29) is 72.9 Å². The molecule has 418 valence electrons. The van der Waals surface area contributed by atoms with Crippen molar-refractivity contribution in [3.63, 3.8) is 0 Å². The molecule has 2 aromatic carbocycles. The topological polar surface area (TPSA) is 240 Å². The third-order valence-corrected chi connectivity index (χ3v) is 17.2. The molecule has 4 aliphatic heterocycles. The van der Waals surface area contributed by atoms with E-state index >= 15 is 0 Å². The van der Waals surface area contributed by atoms with E-state index in [0.29, 0.717) is 54.4 Å². The maximum absolute atomic E-state index is 14.3. The van der Waals surface area contributed by atoms with Crippen LogP contribution in [0, 0.1) is 5.92 Å². The van der Waals surface area contributed by atoms with Gasteiger partial charge in [-0.25, -0.2) is 9.97 Å². The fraction of sp³-hybridized carbons (Fsp3) is 0.500. The van der Waals surface area contributed by atoms with Crippen LogP contribution in [0.1, 0.15) is 94.7 Å². The molecule has 8 heterocycles. The largest absolute Gasteiger partial charge is 0.507 e. The van der Waals surface area contributed by atoms with Gasteiger partial charge in [-0.2, -0.15) is 0 Å². The number of benzene rings is 2. The maximum Gasteiger partial charge on any atom is 0.254 e. The Bertz CT molecular complexity index is 3040. The molecule has 4 aromatic heterocycles. The van der Waals surface area contributed by atoms with Crippen LogP contribution in [0.3, 0.4) is 0 Å². The molecule has 6 atom stereocenters. The van der Waals surface area contributed by atoms with Gasteiger partial charge >= 0.3 is 0 Å². The van der Waals surface area contributed by atoms with Crippen LogP contribution in [0.4, 0.5) is 17.2 Å². The summed E-state index contributed by atoms with van der Waals surface area (Å²) >= 11 is 1.55. The molecule has 5 aliphatic rings.